The number of rotatable bonds is 6. The molecule has 4 rings (SSSR count). The lowest BCUT2D eigenvalue weighted by atomic mass is 10.2. The molecule has 2 aromatic heterocycles. The molecule has 6 nitrogen and oxygen atoms in total. The third-order valence-corrected chi connectivity index (χ3v) is 5.32. The van der Waals surface area contributed by atoms with Crippen molar-refractivity contribution in [1.82, 2.24) is 9.97 Å². The minimum atomic E-state index is -4.74. The molecule has 0 atom stereocenters. The molecule has 0 fully saturated rings. The average Bonchev–Trinajstić information content (AvgIpc) is 3.15. The Morgan fingerprint density at radius 3 is 2.68 bits per heavy atom. The van der Waals surface area contributed by atoms with Crippen LogP contribution >= 0.6 is 11.3 Å². The van der Waals surface area contributed by atoms with E-state index in [0.29, 0.717) is 21.9 Å². The number of hydrogen-bond donors (Lipinski definition) is 2. The summed E-state index contributed by atoms with van der Waals surface area (Å²) in [7, 11) is 0. The van der Waals surface area contributed by atoms with Gasteiger partial charge in [0.2, 0.25) is 0 Å². The third kappa shape index (κ3) is 5.10. The fraction of sp³-hybridized carbons (Fsp3) is 0.0952. The van der Waals surface area contributed by atoms with E-state index in [2.05, 4.69) is 20.0 Å². The number of carboxylic acids is 1. The smallest absolute Gasteiger partial charge is 0.478 e. The fourth-order valence-corrected chi connectivity index (χ4v) is 3.85. The lowest BCUT2D eigenvalue weighted by Gasteiger charge is -2.11. The third-order valence-electron chi connectivity index (χ3n) is 4.25. The SMILES string of the molecule is O=C(O)c1ccc2nc(-c3ccc(NCc4cccc(OC(F)(F)F)c4)nc3)sc2c1. The summed E-state index contributed by atoms with van der Waals surface area (Å²) >= 11 is 1.36. The fourth-order valence-electron chi connectivity index (χ4n) is 2.85. The molecule has 2 N–H and O–H groups in total. The van der Waals surface area contributed by atoms with Crippen molar-refractivity contribution < 1.29 is 27.8 Å². The van der Waals surface area contributed by atoms with E-state index in [9.17, 15) is 18.0 Å². The van der Waals surface area contributed by atoms with E-state index >= 15 is 0 Å². The van der Waals surface area contributed by atoms with Crippen LogP contribution < -0.4 is 10.1 Å². The van der Waals surface area contributed by atoms with E-state index in [1.165, 1.54) is 35.6 Å². The van der Waals surface area contributed by atoms with E-state index in [0.717, 1.165) is 10.3 Å². The van der Waals surface area contributed by atoms with Crippen molar-refractivity contribution in [2.75, 3.05) is 5.32 Å². The van der Waals surface area contributed by atoms with Gasteiger partial charge in [0.1, 0.15) is 16.6 Å². The van der Waals surface area contributed by atoms with Crippen LogP contribution in [0.4, 0.5) is 19.0 Å². The summed E-state index contributed by atoms with van der Waals surface area (Å²) in [6.45, 7) is 0.264. The number of hydrogen-bond acceptors (Lipinski definition) is 6. The summed E-state index contributed by atoms with van der Waals surface area (Å²) in [4.78, 5) is 19.9. The Kier molecular flexibility index (Phi) is 5.47. The van der Waals surface area contributed by atoms with Gasteiger partial charge in [-0.05, 0) is 48.0 Å². The average molecular weight is 445 g/mol. The molecule has 0 aliphatic rings. The van der Waals surface area contributed by atoms with Crippen molar-refractivity contribution in [2.24, 2.45) is 0 Å². The quantitative estimate of drug-likeness (QED) is 0.404. The van der Waals surface area contributed by atoms with Crippen LogP contribution in [0.1, 0.15) is 15.9 Å². The predicted octanol–water partition coefficient (Wildman–Crippen LogP) is 5.57. The van der Waals surface area contributed by atoms with Gasteiger partial charge in [0.15, 0.2) is 0 Å². The summed E-state index contributed by atoms with van der Waals surface area (Å²) in [5.74, 6) is -0.735. The van der Waals surface area contributed by atoms with Gasteiger partial charge in [-0.1, -0.05) is 12.1 Å². The lowest BCUT2D eigenvalue weighted by Crippen LogP contribution is -2.17. The molecule has 2 aromatic carbocycles. The Morgan fingerprint density at radius 1 is 1.13 bits per heavy atom. The Hall–Kier alpha value is -3.66. The summed E-state index contributed by atoms with van der Waals surface area (Å²) < 4.78 is 41.7. The van der Waals surface area contributed by atoms with Crippen LogP contribution in [0.25, 0.3) is 20.8 Å². The number of carboxylic acid groups (broad SMARTS) is 1. The van der Waals surface area contributed by atoms with E-state index < -0.39 is 12.3 Å². The van der Waals surface area contributed by atoms with Crippen LogP contribution in [0.5, 0.6) is 5.75 Å². The number of aromatic nitrogens is 2. The van der Waals surface area contributed by atoms with Gasteiger partial charge < -0.3 is 15.2 Å². The zero-order chi connectivity index (χ0) is 22.0. The first kappa shape index (κ1) is 20.6. The maximum absolute atomic E-state index is 12.3. The van der Waals surface area contributed by atoms with Crippen molar-refractivity contribution in [3.8, 4) is 16.3 Å². The second-order valence-electron chi connectivity index (χ2n) is 6.49. The first-order valence-corrected chi connectivity index (χ1v) is 9.77. The van der Waals surface area contributed by atoms with Crippen LogP contribution in [-0.4, -0.2) is 27.4 Å². The van der Waals surface area contributed by atoms with Gasteiger partial charge in [0.05, 0.1) is 15.8 Å². The molecule has 10 heteroatoms. The molecule has 4 aromatic rings. The molecule has 158 valence electrons. The lowest BCUT2D eigenvalue weighted by molar-refractivity contribution is -0.274. The van der Waals surface area contributed by atoms with Crippen LogP contribution in [0.2, 0.25) is 0 Å². The number of thiazole rings is 1. The number of anilines is 1. The summed E-state index contributed by atoms with van der Waals surface area (Å²) in [5, 5.41) is 12.9. The number of ether oxygens (including phenoxy) is 1. The number of benzene rings is 2. The molecule has 0 unspecified atom stereocenters. The number of carbonyl (C=O) groups is 1. The molecule has 0 saturated carbocycles. The number of alkyl halides is 3. The number of fused-ring (bicyclic) bond motifs is 1. The normalized spacial score (nSPS) is 11.5. The molecule has 0 aliphatic carbocycles. The highest BCUT2D eigenvalue weighted by molar-refractivity contribution is 7.21. The largest absolute Gasteiger partial charge is 0.573 e. The molecular formula is C21H14F3N3O3S. The van der Waals surface area contributed by atoms with Gasteiger partial charge in [-0.25, -0.2) is 14.8 Å². The maximum atomic E-state index is 12.3. The number of halogens is 3. The van der Waals surface area contributed by atoms with E-state index in [1.807, 2.05) is 6.07 Å². The van der Waals surface area contributed by atoms with Crippen molar-refractivity contribution in [3.05, 3.63) is 71.9 Å². The van der Waals surface area contributed by atoms with E-state index in [1.54, 1.807) is 30.5 Å². The highest BCUT2D eigenvalue weighted by Crippen LogP contribution is 2.31. The van der Waals surface area contributed by atoms with E-state index in [-0.39, 0.29) is 17.9 Å². The molecule has 0 amide bonds. The van der Waals surface area contributed by atoms with E-state index in [4.69, 9.17) is 5.11 Å². The first-order valence-electron chi connectivity index (χ1n) is 8.96. The van der Waals surface area contributed by atoms with Crippen LogP contribution in [0.15, 0.2) is 60.8 Å². The van der Waals surface area contributed by atoms with Gasteiger partial charge in [-0.2, -0.15) is 0 Å². The Labute approximate surface area is 178 Å². The minimum absolute atomic E-state index is 0.199. The van der Waals surface area contributed by atoms with Crippen molar-refractivity contribution in [3.63, 3.8) is 0 Å². The maximum Gasteiger partial charge on any atom is 0.573 e. The van der Waals surface area contributed by atoms with Gasteiger partial charge >= 0.3 is 12.3 Å². The molecule has 2 heterocycles. The number of nitrogens with zero attached hydrogens (tertiary/aromatic N) is 2. The van der Waals surface area contributed by atoms with Crippen LogP contribution in [-0.2, 0) is 6.54 Å². The molecular weight excluding hydrogens is 431 g/mol. The molecule has 0 radical (unpaired) electrons. The zero-order valence-corrected chi connectivity index (χ0v) is 16.5. The molecule has 0 saturated heterocycles. The topological polar surface area (TPSA) is 84.3 Å². The van der Waals surface area contributed by atoms with Crippen molar-refractivity contribution >= 4 is 33.3 Å². The molecule has 0 bridgehead atoms. The highest BCUT2D eigenvalue weighted by atomic mass is 32.1. The number of aromatic carboxylic acids is 1. The summed E-state index contributed by atoms with van der Waals surface area (Å²) in [6.07, 6.45) is -3.11. The summed E-state index contributed by atoms with van der Waals surface area (Å²) in [6, 6.07) is 14.0. The summed E-state index contributed by atoms with van der Waals surface area (Å²) in [5.41, 5.74) is 2.27. The second-order valence-corrected chi connectivity index (χ2v) is 7.52. The van der Waals surface area contributed by atoms with Gasteiger partial charge in [0.25, 0.3) is 0 Å². The Bertz CT molecular complexity index is 1240. The van der Waals surface area contributed by atoms with Crippen molar-refractivity contribution in [2.45, 2.75) is 12.9 Å². The number of nitrogens with one attached hydrogen (secondary N) is 1. The molecule has 0 aliphatic heterocycles. The van der Waals surface area contributed by atoms with Crippen molar-refractivity contribution in [1.29, 1.82) is 0 Å². The Balaban J connectivity index is 1.45. The standard InChI is InChI=1S/C21H14F3N3O3S/c22-21(23,24)30-15-3-1-2-12(8-15)10-25-18-7-5-14(11-26-18)19-27-16-6-4-13(20(28)29)9-17(16)31-19/h1-9,11H,10H2,(H,25,26)(H,28,29). The van der Waals surface area contributed by atoms with Gasteiger partial charge in [-0.3, -0.25) is 0 Å². The predicted molar refractivity (Wildman–Crippen MR) is 110 cm³/mol. The Morgan fingerprint density at radius 2 is 1.97 bits per heavy atom. The molecule has 31 heavy (non-hydrogen) atoms. The first-order chi connectivity index (χ1) is 14.8. The monoisotopic (exact) mass is 445 g/mol. The molecule has 0 spiro atoms. The zero-order valence-electron chi connectivity index (χ0n) is 15.7. The minimum Gasteiger partial charge on any atom is -0.478 e. The van der Waals surface area contributed by atoms with Crippen LogP contribution in [0.3, 0.4) is 0 Å². The second kappa shape index (κ2) is 8.23. The van der Waals surface area contributed by atoms with Crippen LogP contribution in [0, 0.1) is 0 Å². The number of pyridine rings is 1. The highest BCUT2D eigenvalue weighted by Gasteiger charge is 2.31. The van der Waals surface area contributed by atoms with Gasteiger partial charge in [-0.15, -0.1) is 24.5 Å². The van der Waals surface area contributed by atoms with Gasteiger partial charge in [0, 0.05) is 18.3 Å².